The minimum atomic E-state index is -0.241. The summed E-state index contributed by atoms with van der Waals surface area (Å²) in [6, 6.07) is 8.91. The van der Waals surface area contributed by atoms with Gasteiger partial charge in [0.15, 0.2) is 0 Å². The Morgan fingerprint density at radius 3 is 2.64 bits per heavy atom. The number of nitrogens with one attached hydrogen (secondary N) is 1. The Labute approximate surface area is 157 Å². The Hall–Kier alpha value is -2.11. The molecule has 3 rings (SSSR count). The molecule has 2 aromatic rings. The maximum absolute atomic E-state index is 12.7. The fourth-order valence-corrected chi connectivity index (χ4v) is 3.28. The zero-order valence-electron chi connectivity index (χ0n) is 14.0. The summed E-state index contributed by atoms with van der Waals surface area (Å²) in [6.45, 7) is 0. The van der Waals surface area contributed by atoms with E-state index in [1.165, 1.54) is 13.2 Å². The van der Waals surface area contributed by atoms with Gasteiger partial charge in [0.2, 0.25) is 0 Å². The second-order valence-corrected chi connectivity index (χ2v) is 6.07. The second-order valence-electron chi connectivity index (χ2n) is 5.67. The van der Waals surface area contributed by atoms with Gasteiger partial charge in [-0.15, -0.1) is 12.4 Å². The predicted octanol–water partition coefficient (Wildman–Crippen LogP) is 3.78. The van der Waals surface area contributed by atoms with E-state index >= 15 is 0 Å². The Morgan fingerprint density at radius 1 is 1.24 bits per heavy atom. The number of nitrogen functional groups attached to an aromatic ring is 1. The summed E-state index contributed by atoms with van der Waals surface area (Å²) in [5.41, 5.74) is 8.74. The molecular formula is C18H20Cl2N2O3. The normalized spacial score (nSPS) is 15.1. The SMILES string of the molecule is COc1cc(N)c(Cl)cc1C(=O)NC1CCc2c(OC)cccc21.Cl. The number of carbonyl (C=O) groups excluding carboxylic acids is 1. The van der Waals surface area contributed by atoms with Gasteiger partial charge in [-0.2, -0.15) is 0 Å². The lowest BCUT2D eigenvalue weighted by atomic mass is 10.1. The maximum Gasteiger partial charge on any atom is 0.255 e. The summed E-state index contributed by atoms with van der Waals surface area (Å²) < 4.78 is 10.6. The molecule has 7 heteroatoms. The Balaban J connectivity index is 0.00000225. The molecule has 1 atom stereocenters. The van der Waals surface area contributed by atoms with Crippen molar-refractivity contribution in [2.45, 2.75) is 18.9 Å². The van der Waals surface area contributed by atoms with Gasteiger partial charge in [-0.3, -0.25) is 4.79 Å². The van der Waals surface area contributed by atoms with Gasteiger partial charge in [-0.25, -0.2) is 0 Å². The van der Waals surface area contributed by atoms with Crippen molar-refractivity contribution in [1.82, 2.24) is 5.32 Å². The molecule has 134 valence electrons. The van der Waals surface area contributed by atoms with Crippen LogP contribution in [-0.4, -0.2) is 20.1 Å². The number of amides is 1. The van der Waals surface area contributed by atoms with E-state index in [0.717, 1.165) is 29.7 Å². The van der Waals surface area contributed by atoms with Gasteiger partial charge >= 0.3 is 0 Å². The summed E-state index contributed by atoms with van der Waals surface area (Å²) in [7, 11) is 3.15. The molecule has 25 heavy (non-hydrogen) atoms. The first-order valence-electron chi connectivity index (χ1n) is 7.64. The minimum Gasteiger partial charge on any atom is -0.496 e. The van der Waals surface area contributed by atoms with Crippen LogP contribution in [0.25, 0.3) is 0 Å². The standard InChI is InChI=1S/C18H19ClN2O3.ClH/c1-23-16-5-3-4-10-11(16)6-7-15(10)21-18(22)12-8-13(19)14(20)9-17(12)24-2;/h3-5,8-9,15H,6-7,20H2,1-2H3,(H,21,22);1H. The molecule has 0 saturated heterocycles. The number of fused-ring (bicyclic) bond motifs is 1. The van der Waals surface area contributed by atoms with Crippen LogP contribution in [0.2, 0.25) is 5.02 Å². The summed E-state index contributed by atoms with van der Waals surface area (Å²) >= 11 is 6.05. The molecule has 0 radical (unpaired) electrons. The van der Waals surface area contributed by atoms with Crippen molar-refractivity contribution < 1.29 is 14.3 Å². The Morgan fingerprint density at radius 2 is 1.96 bits per heavy atom. The second kappa shape index (κ2) is 7.85. The summed E-state index contributed by atoms with van der Waals surface area (Å²) in [5, 5.41) is 3.38. The summed E-state index contributed by atoms with van der Waals surface area (Å²) in [6.07, 6.45) is 1.69. The Bertz CT molecular complexity index is 796. The topological polar surface area (TPSA) is 73.6 Å². The summed E-state index contributed by atoms with van der Waals surface area (Å²) in [5.74, 6) is 1.02. The number of halogens is 2. The number of rotatable bonds is 4. The molecule has 1 aliphatic carbocycles. The van der Waals surface area contributed by atoms with Crippen LogP contribution in [0.1, 0.15) is 33.9 Å². The number of nitrogens with two attached hydrogens (primary N) is 1. The minimum absolute atomic E-state index is 0. The lowest BCUT2D eigenvalue weighted by Crippen LogP contribution is -2.27. The highest BCUT2D eigenvalue weighted by molar-refractivity contribution is 6.33. The number of methoxy groups -OCH3 is 2. The van der Waals surface area contributed by atoms with Crippen LogP contribution in [0.3, 0.4) is 0 Å². The van der Waals surface area contributed by atoms with Gasteiger partial charge in [-0.1, -0.05) is 23.7 Å². The maximum atomic E-state index is 12.7. The fourth-order valence-electron chi connectivity index (χ4n) is 3.11. The number of hydrogen-bond acceptors (Lipinski definition) is 4. The van der Waals surface area contributed by atoms with Crippen LogP contribution in [0.5, 0.6) is 11.5 Å². The Kier molecular flexibility index (Phi) is 6.03. The van der Waals surface area contributed by atoms with Gasteiger partial charge in [-0.05, 0) is 36.1 Å². The zero-order chi connectivity index (χ0) is 17.3. The van der Waals surface area contributed by atoms with Crippen LogP contribution in [0.4, 0.5) is 5.69 Å². The van der Waals surface area contributed by atoms with Gasteiger partial charge in [0.05, 0.1) is 36.5 Å². The van der Waals surface area contributed by atoms with E-state index in [1.54, 1.807) is 13.2 Å². The molecule has 0 bridgehead atoms. The van der Waals surface area contributed by atoms with Crippen molar-refractivity contribution in [1.29, 1.82) is 0 Å². The van der Waals surface area contributed by atoms with Crippen LogP contribution >= 0.6 is 24.0 Å². The molecular weight excluding hydrogens is 363 g/mol. The largest absolute Gasteiger partial charge is 0.496 e. The smallest absolute Gasteiger partial charge is 0.255 e. The van der Waals surface area contributed by atoms with Gasteiger partial charge < -0.3 is 20.5 Å². The molecule has 1 unspecified atom stereocenters. The van der Waals surface area contributed by atoms with Crippen molar-refractivity contribution in [3.8, 4) is 11.5 Å². The quantitative estimate of drug-likeness (QED) is 0.789. The van der Waals surface area contributed by atoms with E-state index < -0.39 is 0 Å². The van der Waals surface area contributed by atoms with E-state index in [1.807, 2.05) is 18.2 Å². The molecule has 0 saturated carbocycles. The highest BCUT2D eigenvalue weighted by Gasteiger charge is 2.27. The van der Waals surface area contributed by atoms with Crippen molar-refractivity contribution >= 4 is 35.6 Å². The fraction of sp³-hybridized carbons (Fsp3) is 0.278. The summed E-state index contributed by atoms with van der Waals surface area (Å²) in [4.78, 5) is 12.7. The molecule has 0 aromatic heterocycles. The number of benzene rings is 2. The molecule has 1 aliphatic rings. The first-order valence-corrected chi connectivity index (χ1v) is 8.02. The van der Waals surface area contributed by atoms with Crippen molar-refractivity contribution in [3.05, 3.63) is 52.0 Å². The molecule has 3 N–H and O–H groups in total. The van der Waals surface area contributed by atoms with Crippen LogP contribution in [0.15, 0.2) is 30.3 Å². The first-order chi connectivity index (χ1) is 11.5. The monoisotopic (exact) mass is 382 g/mol. The number of anilines is 1. The molecule has 2 aromatic carbocycles. The molecule has 0 heterocycles. The number of hydrogen-bond donors (Lipinski definition) is 2. The molecule has 5 nitrogen and oxygen atoms in total. The highest BCUT2D eigenvalue weighted by atomic mass is 35.5. The van der Waals surface area contributed by atoms with Crippen molar-refractivity contribution in [2.24, 2.45) is 0 Å². The lowest BCUT2D eigenvalue weighted by molar-refractivity contribution is 0.0933. The average molecular weight is 383 g/mol. The molecule has 1 amide bonds. The van der Waals surface area contributed by atoms with E-state index in [9.17, 15) is 4.79 Å². The first kappa shape index (κ1) is 19.2. The number of ether oxygens (including phenoxy) is 2. The predicted molar refractivity (Wildman–Crippen MR) is 101 cm³/mol. The molecule has 0 aliphatic heterocycles. The molecule has 0 fully saturated rings. The van der Waals surface area contributed by atoms with Crippen molar-refractivity contribution in [3.63, 3.8) is 0 Å². The molecule has 0 spiro atoms. The van der Waals surface area contributed by atoms with Crippen LogP contribution < -0.4 is 20.5 Å². The third kappa shape index (κ3) is 3.62. The van der Waals surface area contributed by atoms with E-state index in [2.05, 4.69) is 5.32 Å². The zero-order valence-corrected chi connectivity index (χ0v) is 15.5. The average Bonchev–Trinajstić information content (AvgIpc) is 2.99. The van der Waals surface area contributed by atoms with E-state index in [4.69, 9.17) is 26.8 Å². The van der Waals surface area contributed by atoms with Gasteiger partial charge in [0.1, 0.15) is 11.5 Å². The van der Waals surface area contributed by atoms with Crippen molar-refractivity contribution in [2.75, 3.05) is 20.0 Å². The number of carbonyl (C=O) groups is 1. The van der Waals surface area contributed by atoms with E-state index in [-0.39, 0.29) is 24.4 Å². The lowest BCUT2D eigenvalue weighted by Gasteiger charge is -2.17. The van der Waals surface area contributed by atoms with E-state index in [0.29, 0.717) is 22.0 Å². The van der Waals surface area contributed by atoms with Crippen LogP contribution in [-0.2, 0) is 6.42 Å². The van der Waals surface area contributed by atoms with Crippen LogP contribution in [0, 0.1) is 0 Å². The third-order valence-electron chi connectivity index (χ3n) is 4.32. The van der Waals surface area contributed by atoms with Gasteiger partial charge in [0, 0.05) is 6.07 Å². The van der Waals surface area contributed by atoms with Gasteiger partial charge in [0.25, 0.3) is 5.91 Å². The highest BCUT2D eigenvalue weighted by Crippen LogP contribution is 2.37. The third-order valence-corrected chi connectivity index (χ3v) is 4.64.